The van der Waals surface area contributed by atoms with E-state index in [9.17, 15) is 13.2 Å². The number of hydrogen-bond donors (Lipinski definition) is 0. The molecule has 5 heteroatoms. The van der Waals surface area contributed by atoms with Gasteiger partial charge in [-0.2, -0.15) is 13.2 Å². The maximum Gasteiger partial charge on any atom is 0.416 e. The Labute approximate surface area is 133 Å². The van der Waals surface area contributed by atoms with E-state index in [1.54, 1.807) is 6.07 Å². The number of benzene rings is 2. The lowest BCUT2D eigenvalue weighted by Gasteiger charge is -2.37. The lowest BCUT2D eigenvalue weighted by molar-refractivity contribution is -0.137. The Kier molecular flexibility index (Phi) is 4.46. The summed E-state index contributed by atoms with van der Waals surface area (Å²) in [5.41, 5.74) is 0.348. The van der Waals surface area contributed by atoms with E-state index in [0.29, 0.717) is 0 Å². The fourth-order valence-electron chi connectivity index (χ4n) is 2.84. The van der Waals surface area contributed by atoms with Crippen LogP contribution in [0.15, 0.2) is 54.6 Å². The zero-order valence-electron chi connectivity index (χ0n) is 12.6. The van der Waals surface area contributed by atoms with Crippen LogP contribution in [0.1, 0.15) is 24.8 Å². The van der Waals surface area contributed by atoms with Crippen LogP contribution >= 0.6 is 0 Å². The standard InChI is InChI=1S/C18H18F3NO/c19-18(20,21)14-7-6-10-16(13-14)23-17-11-4-5-12-22(17)15-8-2-1-3-9-15/h1-3,6-10,13,17H,4-5,11-12H2. The molecule has 1 heterocycles. The van der Waals surface area contributed by atoms with Crippen molar-refractivity contribution in [1.29, 1.82) is 0 Å². The number of halogens is 3. The van der Waals surface area contributed by atoms with E-state index >= 15 is 0 Å². The molecule has 0 spiro atoms. The summed E-state index contributed by atoms with van der Waals surface area (Å²) in [5, 5.41) is 0. The van der Waals surface area contributed by atoms with Gasteiger partial charge in [0, 0.05) is 18.7 Å². The van der Waals surface area contributed by atoms with Gasteiger partial charge in [0.2, 0.25) is 0 Å². The molecule has 1 aliphatic heterocycles. The molecule has 0 saturated carbocycles. The molecule has 122 valence electrons. The summed E-state index contributed by atoms with van der Waals surface area (Å²) in [4.78, 5) is 2.11. The average molecular weight is 321 g/mol. The van der Waals surface area contributed by atoms with E-state index in [-0.39, 0.29) is 12.0 Å². The Morgan fingerprint density at radius 2 is 1.74 bits per heavy atom. The van der Waals surface area contributed by atoms with Crippen molar-refractivity contribution in [3.05, 3.63) is 60.2 Å². The molecule has 2 aromatic carbocycles. The lowest BCUT2D eigenvalue weighted by Crippen LogP contribution is -2.43. The first-order chi connectivity index (χ1) is 11.0. The van der Waals surface area contributed by atoms with Crippen molar-refractivity contribution >= 4 is 5.69 Å². The topological polar surface area (TPSA) is 12.5 Å². The predicted octanol–water partition coefficient (Wildman–Crippen LogP) is 5.10. The Hall–Kier alpha value is -2.17. The maximum atomic E-state index is 12.8. The van der Waals surface area contributed by atoms with Gasteiger partial charge in [-0.3, -0.25) is 0 Å². The molecule has 2 aromatic rings. The first-order valence-corrected chi connectivity index (χ1v) is 7.70. The molecule has 1 aliphatic rings. The van der Waals surface area contributed by atoms with Gasteiger partial charge in [-0.15, -0.1) is 0 Å². The van der Waals surface area contributed by atoms with Crippen molar-refractivity contribution in [3.63, 3.8) is 0 Å². The molecule has 0 aliphatic carbocycles. The zero-order valence-corrected chi connectivity index (χ0v) is 12.6. The molecule has 1 unspecified atom stereocenters. The molecule has 23 heavy (non-hydrogen) atoms. The number of nitrogens with zero attached hydrogens (tertiary/aromatic N) is 1. The summed E-state index contributed by atoms with van der Waals surface area (Å²) in [6.45, 7) is 0.841. The Morgan fingerprint density at radius 1 is 0.957 bits per heavy atom. The second-order valence-electron chi connectivity index (χ2n) is 5.62. The number of piperidine rings is 1. The van der Waals surface area contributed by atoms with Gasteiger partial charge in [0.1, 0.15) is 5.75 Å². The molecule has 0 N–H and O–H groups in total. The van der Waals surface area contributed by atoms with Gasteiger partial charge in [0.15, 0.2) is 6.23 Å². The van der Waals surface area contributed by atoms with E-state index in [4.69, 9.17) is 4.74 Å². The van der Waals surface area contributed by atoms with Gasteiger partial charge in [0.05, 0.1) is 5.56 Å². The van der Waals surface area contributed by atoms with E-state index in [2.05, 4.69) is 4.90 Å². The minimum Gasteiger partial charge on any atom is -0.471 e. The van der Waals surface area contributed by atoms with Crippen LogP contribution in [-0.2, 0) is 6.18 Å². The van der Waals surface area contributed by atoms with Crippen LogP contribution in [0, 0.1) is 0 Å². The molecule has 0 radical (unpaired) electrons. The van der Waals surface area contributed by atoms with Gasteiger partial charge in [0.25, 0.3) is 0 Å². The predicted molar refractivity (Wildman–Crippen MR) is 83.5 cm³/mol. The monoisotopic (exact) mass is 321 g/mol. The smallest absolute Gasteiger partial charge is 0.416 e. The SMILES string of the molecule is FC(F)(F)c1cccc(OC2CCCCN2c2ccccc2)c1. The van der Waals surface area contributed by atoms with Gasteiger partial charge in [-0.1, -0.05) is 24.3 Å². The van der Waals surface area contributed by atoms with Crippen molar-refractivity contribution in [2.24, 2.45) is 0 Å². The number of rotatable bonds is 3. The molecule has 1 saturated heterocycles. The maximum absolute atomic E-state index is 12.8. The molecular weight excluding hydrogens is 303 g/mol. The Morgan fingerprint density at radius 3 is 2.48 bits per heavy atom. The molecule has 0 amide bonds. The summed E-state index contributed by atoms with van der Waals surface area (Å²) in [7, 11) is 0. The summed E-state index contributed by atoms with van der Waals surface area (Å²) >= 11 is 0. The minimum absolute atomic E-state index is 0.241. The highest BCUT2D eigenvalue weighted by atomic mass is 19.4. The summed E-state index contributed by atoms with van der Waals surface area (Å²) in [5.74, 6) is 0.257. The summed E-state index contributed by atoms with van der Waals surface area (Å²) in [6.07, 6.45) is -1.74. The number of hydrogen-bond acceptors (Lipinski definition) is 2. The zero-order chi connectivity index (χ0) is 16.3. The summed E-state index contributed by atoms with van der Waals surface area (Å²) in [6, 6.07) is 14.9. The van der Waals surface area contributed by atoms with Gasteiger partial charge in [-0.05, 0) is 43.2 Å². The number of para-hydroxylation sites is 1. The largest absolute Gasteiger partial charge is 0.471 e. The summed E-state index contributed by atoms with van der Waals surface area (Å²) < 4.78 is 44.4. The van der Waals surface area contributed by atoms with Gasteiger partial charge in [-0.25, -0.2) is 0 Å². The molecule has 3 rings (SSSR count). The molecule has 1 atom stereocenters. The second-order valence-corrected chi connectivity index (χ2v) is 5.62. The van der Waals surface area contributed by atoms with E-state index in [0.717, 1.165) is 43.6 Å². The van der Waals surface area contributed by atoms with Crippen LogP contribution in [0.2, 0.25) is 0 Å². The molecule has 2 nitrogen and oxygen atoms in total. The van der Waals surface area contributed by atoms with Crippen molar-refractivity contribution in [1.82, 2.24) is 0 Å². The second kappa shape index (κ2) is 6.52. The highest BCUT2D eigenvalue weighted by Crippen LogP contribution is 2.33. The highest BCUT2D eigenvalue weighted by Gasteiger charge is 2.31. The number of anilines is 1. The minimum atomic E-state index is -4.36. The number of alkyl halides is 3. The molecule has 1 fully saturated rings. The number of ether oxygens (including phenoxy) is 1. The average Bonchev–Trinajstić information content (AvgIpc) is 2.56. The normalized spacial score (nSPS) is 18.7. The first-order valence-electron chi connectivity index (χ1n) is 7.70. The van der Waals surface area contributed by atoms with Crippen LogP contribution < -0.4 is 9.64 Å². The van der Waals surface area contributed by atoms with Crippen molar-refractivity contribution in [2.75, 3.05) is 11.4 Å². The van der Waals surface area contributed by atoms with Crippen LogP contribution in [0.4, 0.5) is 18.9 Å². The quantitative estimate of drug-likeness (QED) is 0.780. The third kappa shape index (κ3) is 3.78. The third-order valence-electron chi connectivity index (χ3n) is 3.97. The Balaban J connectivity index is 1.80. The fraction of sp³-hybridized carbons (Fsp3) is 0.333. The fourth-order valence-corrected chi connectivity index (χ4v) is 2.84. The van der Waals surface area contributed by atoms with Crippen molar-refractivity contribution in [2.45, 2.75) is 31.7 Å². The van der Waals surface area contributed by atoms with Crippen LogP contribution in [0.25, 0.3) is 0 Å². The van der Waals surface area contributed by atoms with Crippen molar-refractivity contribution < 1.29 is 17.9 Å². The third-order valence-corrected chi connectivity index (χ3v) is 3.97. The highest BCUT2D eigenvalue weighted by molar-refractivity contribution is 5.47. The van der Waals surface area contributed by atoms with Crippen LogP contribution in [0.3, 0.4) is 0 Å². The van der Waals surface area contributed by atoms with Crippen molar-refractivity contribution in [3.8, 4) is 5.75 Å². The van der Waals surface area contributed by atoms with Crippen LogP contribution in [-0.4, -0.2) is 12.8 Å². The molecule has 0 aromatic heterocycles. The van der Waals surface area contributed by atoms with E-state index in [1.807, 2.05) is 30.3 Å². The van der Waals surface area contributed by atoms with E-state index in [1.165, 1.54) is 6.07 Å². The molecular formula is C18H18F3NO. The van der Waals surface area contributed by atoms with Crippen LogP contribution in [0.5, 0.6) is 5.75 Å². The Bertz CT molecular complexity index is 642. The van der Waals surface area contributed by atoms with Gasteiger partial charge < -0.3 is 9.64 Å². The lowest BCUT2D eigenvalue weighted by atomic mass is 10.1. The van der Waals surface area contributed by atoms with Gasteiger partial charge >= 0.3 is 6.18 Å². The van der Waals surface area contributed by atoms with E-state index < -0.39 is 11.7 Å². The molecule has 0 bridgehead atoms. The first kappa shape index (κ1) is 15.7.